The number of nitrogens with one attached hydrogen (secondary N) is 2. The summed E-state index contributed by atoms with van der Waals surface area (Å²) in [6, 6.07) is 6.59. The summed E-state index contributed by atoms with van der Waals surface area (Å²) < 4.78 is 0. The van der Waals surface area contributed by atoms with Gasteiger partial charge in [0.05, 0.1) is 6.54 Å². The molecule has 0 saturated carbocycles. The number of amides is 2. The van der Waals surface area contributed by atoms with Crippen LogP contribution in [-0.2, 0) is 4.79 Å². The van der Waals surface area contributed by atoms with Crippen molar-refractivity contribution < 1.29 is 19.8 Å². The number of anilines is 1. The number of aliphatic carboxylic acids is 1. The average Bonchev–Trinajstić information content (AvgIpc) is 2.26. The lowest BCUT2D eigenvalue weighted by Gasteiger charge is -2.18. The Labute approximate surface area is 105 Å². The third kappa shape index (κ3) is 4.06. The van der Waals surface area contributed by atoms with E-state index in [4.69, 9.17) is 5.11 Å². The zero-order valence-electron chi connectivity index (χ0n) is 10.2. The Morgan fingerprint density at radius 2 is 2.06 bits per heavy atom. The standard InChI is InChI=1S/C12H16N2O4/c1-8-4-3-5-9(6-8)14-11(17)13-7-12(2,18)10(15)16/h3-6,18H,7H2,1-2H3,(H,15,16)(H2,13,14,17). The summed E-state index contributed by atoms with van der Waals surface area (Å²) in [5.74, 6) is -1.39. The number of carbonyl (C=O) groups excluding carboxylic acids is 1. The summed E-state index contributed by atoms with van der Waals surface area (Å²) in [7, 11) is 0. The largest absolute Gasteiger partial charge is 0.479 e. The van der Waals surface area contributed by atoms with Crippen LogP contribution in [0.25, 0.3) is 0 Å². The van der Waals surface area contributed by atoms with Crippen molar-refractivity contribution in [2.45, 2.75) is 19.4 Å². The first kappa shape index (κ1) is 14.0. The van der Waals surface area contributed by atoms with Gasteiger partial charge in [0.15, 0.2) is 5.60 Å². The lowest BCUT2D eigenvalue weighted by Crippen LogP contribution is -2.47. The Hall–Kier alpha value is -2.08. The van der Waals surface area contributed by atoms with Crippen molar-refractivity contribution in [3.8, 4) is 0 Å². The van der Waals surface area contributed by atoms with Crippen LogP contribution in [0.5, 0.6) is 0 Å². The Kier molecular flexibility index (Phi) is 4.28. The maximum absolute atomic E-state index is 11.5. The topological polar surface area (TPSA) is 98.7 Å². The highest BCUT2D eigenvalue weighted by Crippen LogP contribution is 2.09. The van der Waals surface area contributed by atoms with Gasteiger partial charge in [0.1, 0.15) is 0 Å². The van der Waals surface area contributed by atoms with Crippen molar-refractivity contribution in [3.63, 3.8) is 0 Å². The van der Waals surface area contributed by atoms with Gasteiger partial charge in [0.25, 0.3) is 0 Å². The fourth-order valence-electron chi connectivity index (χ4n) is 1.23. The normalized spacial score (nSPS) is 13.5. The molecule has 4 N–H and O–H groups in total. The van der Waals surface area contributed by atoms with Gasteiger partial charge >= 0.3 is 12.0 Å². The van der Waals surface area contributed by atoms with Crippen molar-refractivity contribution in [2.75, 3.05) is 11.9 Å². The molecule has 0 aromatic heterocycles. The highest BCUT2D eigenvalue weighted by molar-refractivity contribution is 5.90. The predicted molar refractivity (Wildman–Crippen MR) is 66.5 cm³/mol. The van der Waals surface area contributed by atoms with Crippen molar-refractivity contribution in [1.29, 1.82) is 0 Å². The second-order valence-electron chi connectivity index (χ2n) is 4.26. The summed E-state index contributed by atoms with van der Waals surface area (Å²) in [6.45, 7) is 2.63. The molecule has 0 radical (unpaired) electrons. The van der Waals surface area contributed by atoms with Gasteiger partial charge in [-0.2, -0.15) is 0 Å². The van der Waals surface area contributed by atoms with E-state index in [-0.39, 0.29) is 6.54 Å². The quantitative estimate of drug-likeness (QED) is 0.641. The monoisotopic (exact) mass is 252 g/mol. The number of rotatable bonds is 4. The first-order valence-electron chi connectivity index (χ1n) is 5.38. The van der Waals surface area contributed by atoms with E-state index >= 15 is 0 Å². The van der Waals surface area contributed by atoms with E-state index in [9.17, 15) is 14.7 Å². The Morgan fingerprint density at radius 1 is 1.39 bits per heavy atom. The van der Waals surface area contributed by atoms with E-state index in [1.54, 1.807) is 18.2 Å². The van der Waals surface area contributed by atoms with Gasteiger partial charge in [-0.25, -0.2) is 9.59 Å². The predicted octanol–water partition coefficient (Wildman–Crippen LogP) is 0.952. The van der Waals surface area contributed by atoms with Gasteiger partial charge < -0.3 is 20.8 Å². The smallest absolute Gasteiger partial charge is 0.337 e. The minimum atomic E-state index is -1.98. The van der Waals surface area contributed by atoms with E-state index in [1.165, 1.54) is 0 Å². The number of benzene rings is 1. The summed E-state index contributed by atoms with van der Waals surface area (Å²) in [6.07, 6.45) is 0. The summed E-state index contributed by atoms with van der Waals surface area (Å²) >= 11 is 0. The van der Waals surface area contributed by atoms with E-state index in [1.807, 2.05) is 13.0 Å². The number of carbonyl (C=O) groups is 2. The van der Waals surface area contributed by atoms with Crippen LogP contribution in [0.4, 0.5) is 10.5 Å². The average molecular weight is 252 g/mol. The third-order valence-electron chi connectivity index (χ3n) is 2.33. The lowest BCUT2D eigenvalue weighted by molar-refractivity contribution is -0.155. The molecule has 0 heterocycles. The third-order valence-corrected chi connectivity index (χ3v) is 2.33. The molecule has 0 aliphatic carbocycles. The first-order chi connectivity index (χ1) is 8.31. The Balaban J connectivity index is 2.50. The van der Waals surface area contributed by atoms with E-state index < -0.39 is 17.6 Å². The zero-order valence-corrected chi connectivity index (χ0v) is 10.2. The number of aryl methyl sites for hydroxylation is 1. The van der Waals surface area contributed by atoms with Crippen molar-refractivity contribution in [3.05, 3.63) is 29.8 Å². The maximum Gasteiger partial charge on any atom is 0.337 e. The molecule has 6 heteroatoms. The van der Waals surface area contributed by atoms with Crippen LogP contribution in [0, 0.1) is 6.92 Å². The van der Waals surface area contributed by atoms with Crippen LogP contribution >= 0.6 is 0 Å². The van der Waals surface area contributed by atoms with Crippen LogP contribution < -0.4 is 10.6 Å². The molecule has 0 bridgehead atoms. The minimum Gasteiger partial charge on any atom is -0.479 e. The van der Waals surface area contributed by atoms with Crippen LogP contribution in [0.15, 0.2) is 24.3 Å². The molecule has 0 aliphatic rings. The molecule has 1 atom stereocenters. The number of hydrogen-bond donors (Lipinski definition) is 4. The number of hydrogen-bond acceptors (Lipinski definition) is 3. The van der Waals surface area contributed by atoms with Gasteiger partial charge in [-0.1, -0.05) is 12.1 Å². The number of aliphatic hydroxyl groups is 1. The summed E-state index contributed by atoms with van der Waals surface area (Å²) in [5.41, 5.74) is -0.392. The van der Waals surface area contributed by atoms with Crippen LogP contribution in [0.1, 0.15) is 12.5 Å². The molecular formula is C12H16N2O4. The molecule has 1 unspecified atom stereocenters. The molecule has 98 valence electrons. The first-order valence-corrected chi connectivity index (χ1v) is 5.38. The lowest BCUT2D eigenvalue weighted by atomic mass is 10.1. The van der Waals surface area contributed by atoms with Crippen molar-refractivity contribution in [2.24, 2.45) is 0 Å². The molecular weight excluding hydrogens is 236 g/mol. The van der Waals surface area contributed by atoms with Gasteiger partial charge in [0.2, 0.25) is 0 Å². The molecule has 0 aliphatic heterocycles. The summed E-state index contributed by atoms with van der Waals surface area (Å²) in [4.78, 5) is 22.1. The molecule has 1 aromatic rings. The fraction of sp³-hybridized carbons (Fsp3) is 0.333. The van der Waals surface area contributed by atoms with E-state index in [0.717, 1.165) is 12.5 Å². The number of urea groups is 1. The van der Waals surface area contributed by atoms with Gasteiger partial charge in [-0.3, -0.25) is 0 Å². The van der Waals surface area contributed by atoms with Gasteiger partial charge in [0, 0.05) is 5.69 Å². The van der Waals surface area contributed by atoms with E-state index in [2.05, 4.69) is 10.6 Å². The fourth-order valence-corrected chi connectivity index (χ4v) is 1.23. The maximum atomic E-state index is 11.5. The molecule has 2 amide bonds. The molecule has 0 fully saturated rings. The molecule has 1 aromatic carbocycles. The molecule has 0 saturated heterocycles. The van der Waals surface area contributed by atoms with Crippen molar-refractivity contribution >= 4 is 17.7 Å². The SMILES string of the molecule is Cc1cccc(NC(=O)NCC(C)(O)C(=O)O)c1. The van der Waals surface area contributed by atoms with Crippen LogP contribution in [-0.4, -0.2) is 34.4 Å². The zero-order chi connectivity index (χ0) is 13.8. The molecule has 6 nitrogen and oxygen atoms in total. The van der Waals surface area contributed by atoms with Gasteiger partial charge in [-0.05, 0) is 31.5 Å². The number of carboxylic acid groups (broad SMARTS) is 1. The second-order valence-corrected chi connectivity index (χ2v) is 4.26. The minimum absolute atomic E-state index is 0.375. The number of carboxylic acids is 1. The highest BCUT2D eigenvalue weighted by atomic mass is 16.4. The Bertz CT molecular complexity index is 457. The van der Waals surface area contributed by atoms with Crippen molar-refractivity contribution in [1.82, 2.24) is 5.32 Å². The summed E-state index contributed by atoms with van der Waals surface area (Å²) in [5, 5.41) is 22.9. The van der Waals surface area contributed by atoms with Gasteiger partial charge in [-0.15, -0.1) is 0 Å². The highest BCUT2D eigenvalue weighted by Gasteiger charge is 2.30. The molecule has 0 spiro atoms. The Morgan fingerprint density at radius 3 is 2.61 bits per heavy atom. The van der Waals surface area contributed by atoms with E-state index in [0.29, 0.717) is 5.69 Å². The van der Waals surface area contributed by atoms with Crippen LogP contribution in [0.3, 0.4) is 0 Å². The second kappa shape index (κ2) is 5.50. The molecule has 1 rings (SSSR count). The van der Waals surface area contributed by atoms with Crippen LogP contribution in [0.2, 0.25) is 0 Å². The molecule has 18 heavy (non-hydrogen) atoms.